The van der Waals surface area contributed by atoms with Crippen LogP contribution in [0.3, 0.4) is 0 Å². The summed E-state index contributed by atoms with van der Waals surface area (Å²) in [6.45, 7) is 1.64. The lowest BCUT2D eigenvalue weighted by atomic mass is 9.84. The van der Waals surface area contributed by atoms with E-state index in [2.05, 4.69) is 4.90 Å². The topological polar surface area (TPSA) is 43.7 Å². The molecular formula is C16H24FNO2. The molecule has 1 aromatic carbocycles. The zero-order valence-corrected chi connectivity index (χ0v) is 11.8. The SMILES string of the molecule is OCCC(c1cccc(F)c1)N(CCO)CC1CCC1. The Balaban J connectivity index is 2.13. The van der Waals surface area contributed by atoms with Gasteiger partial charge in [0.1, 0.15) is 5.82 Å². The number of nitrogens with zero attached hydrogens (tertiary/aromatic N) is 1. The van der Waals surface area contributed by atoms with Gasteiger partial charge in [-0.3, -0.25) is 4.90 Å². The zero-order chi connectivity index (χ0) is 14.4. The molecule has 0 amide bonds. The molecule has 1 aromatic rings. The molecule has 112 valence electrons. The number of hydrogen-bond donors (Lipinski definition) is 2. The molecule has 0 bridgehead atoms. The summed E-state index contributed by atoms with van der Waals surface area (Å²) in [5.41, 5.74) is 0.881. The number of rotatable bonds is 8. The highest BCUT2D eigenvalue weighted by molar-refractivity contribution is 5.20. The minimum Gasteiger partial charge on any atom is -0.396 e. The minimum atomic E-state index is -0.252. The summed E-state index contributed by atoms with van der Waals surface area (Å²) < 4.78 is 13.4. The van der Waals surface area contributed by atoms with E-state index in [9.17, 15) is 14.6 Å². The van der Waals surface area contributed by atoms with Crippen LogP contribution in [-0.4, -0.2) is 41.4 Å². The molecule has 1 aliphatic carbocycles. The molecule has 0 aromatic heterocycles. The van der Waals surface area contributed by atoms with Crippen molar-refractivity contribution >= 4 is 0 Å². The van der Waals surface area contributed by atoms with Crippen molar-refractivity contribution in [2.24, 2.45) is 5.92 Å². The number of aliphatic hydroxyl groups is 2. The van der Waals surface area contributed by atoms with Crippen molar-refractivity contribution in [2.45, 2.75) is 31.7 Å². The Morgan fingerprint density at radius 2 is 2.05 bits per heavy atom. The maximum Gasteiger partial charge on any atom is 0.123 e. The molecule has 0 aliphatic heterocycles. The van der Waals surface area contributed by atoms with Gasteiger partial charge < -0.3 is 10.2 Å². The van der Waals surface area contributed by atoms with Crippen molar-refractivity contribution in [3.8, 4) is 0 Å². The summed E-state index contributed by atoms with van der Waals surface area (Å²) in [5.74, 6) is 0.425. The van der Waals surface area contributed by atoms with Gasteiger partial charge >= 0.3 is 0 Å². The van der Waals surface area contributed by atoms with Crippen LogP contribution < -0.4 is 0 Å². The summed E-state index contributed by atoms with van der Waals surface area (Å²) in [5, 5.41) is 18.6. The normalized spacial score (nSPS) is 17.2. The van der Waals surface area contributed by atoms with Crippen molar-refractivity contribution < 1.29 is 14.6 Å². The molecular weight excluding hydrogens is 257 g/mol. The van der Waals surface area contributed by atoms with Gasteiger partial charge in [0.15, 0.2) is 0 Å². The van der Waals surface area contributed by atoms with Crippen molar-refractivity contribution in [3.63, 3.8) is 0 Å². The average molecular weight is 281 g/mol. The van der Waals surface area contributed by atoms with Crippen LogP contribution in [0.2, 0.25) is 0 Å². The third kappa shape index (κ3) is 4.01. The summed E-state index contributed by atoms with van der Waals surface area (Å²) in [6.07, 6.45) is 4.31. The summed E-state index contributed by atoms with van der Waals surface area (Å²) in [6, 6.07) is 6.54. The first kappa shape index (κ1) is 15.4. The summed E-state index contributed by atoms with van der Waals surface area (Å²) >= 11 is 0. The molecule has 0 spiro atoms. The molecule has 0 saturated heterocycles. The first-order valence-corrected chi connectivity index (χ1v) is 7.46. The van der Waals surface area contributed by atoms with Gasteiger partial charge in [-0.2, -0.15) is 0 Å². The van der Waals surface area contributed by atoms with Crippen molar-refractivity contribution in [2.75, 3.05) is 26.3 Å². The molecule has 0 radical (unpaired) electrons. The minimum absolute atomic E-state index is 0.0246. The van der Waals surface area contributed by atoms with Gasteiger partial charge in [0, 0.05) is 25.7 Å². The van der Waals surface area contributed by atoms with Crippen molar-refractivity contribution in [1.29, 1.82) is 0 Å². The summed E-state index contributed by atoms with van der Waals surface area (Å²) in [4.78, 5) is 2.19. The number of halogens is 1. The fraction of sp³-hybridized carbons (Fsp3) is 0.625. The van der Waals surface area contributed by atoms with Crippen LogP contribution in [0.1, 0.15) is 37.3 Å². The van der Waals surface area contributed by atoms with Crippen molar-refractivity contribution in [1.82, 2.24) is 4.90 Å². The standard InChI is InChI=1S/C16H24FNO2/c17-15-6-2-5-14(11-15)16(7-9-19)18(8-10-20)12-13-3-1-4-13/h2,5-6,11,13,16,19-20H,1,3-4,7-10,12H2. The Morgan fingerprint density at radius 3 is 2.60 bits per heavy atom. The molecule has 0 heterocycles. The maximum absolute atomic E-state index is 13.4. The van der Waals surface area contributed by atoms with Gasteiger partial charge in [-0.25, -0.2) is 4.39 Å². The number of aliphatic hydroxyl groups excluding tert-OH is 2. The van der Waals surface area contributed by atoms with E-state index < -0.39 is 0 Å². The van der Waals surface area contributed by atoms with E-state index in [0.717, 1.165) is 12.1 Å². The first-order valence-electron chi connectivity index (χ1n) is 7.46. The molecule has 1 aliphatic rings. The van der Waals surface area contributed by atoms with E-state index in [1.165, 1.54) is 31.4 Å². The largest absolute Gasteiger partial charge is 0.396 e. The molecule has 1 saturated carbocycles. The van der Waals surface area contributed by atoms with E-state index in [0.29, 0.717) is 18.9 Å². The molecule has 1 fully saturated rings. The Bertz CT molecular complexity index is 409. The second-order valence-electron chi connectivity index (χ2n) is 5.60. The molecule has 3 nitrogen and oxygen atoms in total. The lowest BCUT2D eigenvalue weighted by Gasteiger charge is -2.37. The van der Waals surface area contributed by atoms with Crippen LogP contribution in [0.4, 0.5) is 4.39 Å². The van der Waals surface area contributed by atoms with E-state index in [1.54, 1.807) is 6.07 Å². The second kappa shape index (κ2) is 7.72. The molecule has 4 heteroatoms. The lowest BCUT2D eigenvalue weighted by molar-refractivity contribution is 0.0908. The van der Waals surface area contributed by atoms with Crippen LogP contribution in [0.15, 0.2) is 24.3 Å². The Labute approximate surface area is 120 Å². The molecule has 1 atom stereocenters. The van der Waals surface area contributed by atoms with Crippen LogP contribution >= 0.6 is 0 Å². The van der Waals surface area contributed by atoms with Gasteiger partial charge in [0.25, 0.3) is 0 Å². The lowest BCUT2D eigenvalue weighted by Crippen LogP contribution is -2.38. The fourth-order valence-electron chi connectivity index (χ4n) is 2.91. The molecule has 2 N–H and O–H groups in total. The van der Waals surface area contributed by atoms with Crippen LogP contribution in [-0.2, 0) is 0 Å². The van der Waals surface area contributed by atoms with E-state index >= 15 is 0 Å². The maximum atomic E-state index is 13.4. The third-order valence-electron chi connectivity index (χ3n) is 4.18. The zero-order valence-electron chi connectivity index (χ0n) is 11.8. The highest BCUT2D eigenvalue weighted by Gasteiger charge is 2.26. The van der Waals surface area contributed by atoms with E-state index in [4.69, 9.17) is 0 Å². The van der Waals surface area contributed by atoms with Crippen LogP contribution in [0.25, 0.3) is 0 Å². The van der Waals surface area contributed by atoms with Crippen LogP contribution in [0.5, 0.6) is 0 Å². The second-order valence-corrected chi connectivity index (χ2v) is 5.60. The van der Waals surface area contributed by atoms with Gasteiger partial charge in [-0.1, -0.05) is 18.6 Å². The number of hydrogen-bond acceptors (Lipinski definition) is 3. The predicted molar refractivity (Wildman–Crippen MR) is 76.8 cm³/mol. The molecule has 1 unspecified atom stereocenters. The van der Waals surface area contributed by atoms with E-state index in [1.807, 2.05) is 6.07 Å². The first-order chi connectivity index (χ1) is 9.74. The predicted octanol–water partition coefficient (Wildman–Crippen LogP) is 2.34. The van der Waals surface area contributed by atoms with Crippen molar-refractivity contribution in [3.05, 3.63) is 35.6 Å². The fourth-order valence-corrected chi connectivity index (χ4v) is 2.91. The average Bonchev–Trinajstić information content (AvgIpc) is 2.39. The summed E-state index contributed by atoms with van der Waals surface area (Å²) in [7, 11) is 0. The highest BCUT2D eigenvalue weighted by atomic mass is 19.1. The van der Waals surface area contributed by atoms with Gasteiger partial charge in [-0.05, 0) is 42.9 Å². The third-order valence-corrected chi connectivity index (χ3v) is 4.18. The number of benzene rings is 1. The van der Waals surface area contributed by atoms with Gasteiger partial charge in [0.2, 0.25) is 0 Å². The Kier molecular flexibility index (Phi) is 5.95. The van der Waals surface area contributed by atoms with Gasteiger partial charge in [0.05, 0.1) is 6.61 Å². The highest BCUT2D eigenvalue weighted by Crippen LogP contribution is 2.31. The smallest absolute Gasteiger partial charge is 0.123 e. The van der Waals surface area contributed by atoms with Gasteiger partial charge in [-0.15, -0.1) is 0 Å². The quantitative estimate of drug-likeness (QED) is 0.768. The molecule has 20 heavy (non-hydrogen) atoms. The Hall–Kier alpha value is -0.970. The van der Waals surface area contributed by atoms with E-state index in [-0.39, 0.29) is 25.1 Å². The Morgan fingerprint density at radius 1 is 1.25 bits per heavy atom. The molecule has 2 rings (SSSR count). The monoisotopic (exact) mass is 281 g/mol. The van der Waals surface area contributed by atoms with Crippen LogP contribution in [0, 0.1) is 11.7 Å².